The minimum absolute atomic E-state index is 0.0199. The van der Waals surface area contributed by atoms with Crippen LogP contribution in [0.5, 0.6) is 0 Å². The van der Waals surface area contributed by atoms with E-state index in [1.54, 1.807) is 11.0 Å². The molecule has 6 heteroatoms. The van der Waals surface area contributed by atoms with E-state index in [4.69, 9.17) is 0 Å². The Kier molecular flexibility index (Phi) is 5.48. The smallest absolute Gasteiger partial charge is 0.244 e. The quantitative estimate of drug-likeness (QED) is 0.873. The molecule has 1 aliphatic heterocycles. The molecule has 0 aliphatic carbocycles. The Balaban J connectivity index is 1.61. The van der Waals surface area contributed by atoms with Crippen LogP contribution in [0.1, 0.15) is 37.9 Å². The summed E-state index contributed by atoms with van der Waals surface area (Å²) in [5.74, 6) is 0.445. The Morgan fingerprint density at radius 1 is 1.24 bits per heavy atom. The van der Waals surface area contributed by atoms with Gasteiger partial charge in [-0.3, -0.25) is 9.69 Å². The van der Waals surface area contributed by atoms with Gasteiger partial charge in [0, 0.05) is 25.7 Å². The van der Waals surface area contributed by atoms with E-state index in [1.165, 1.54) is 17.5 Å². The summed E-state index contributed by atoms with van der Waals surface area (Å²) in [5, 5.41) is 7.15. The fourth-order valence-corrected chi connectivity index (χ4v) is 3.48. The van der Waals surface area contributed by atoms with Gasteiger partial charge in [-0.1, -0.05) is 38.1 Å². The summed E-state index contributed by atoms with van der Waals surface area (Å²) in [6.45, 7) is 8.92. The predicted octanol–water partition coefficient (Wildman–Crippen LogP) is 2.04. The summed E-state index contributed by atoms with van der Waals surface area (Å²) < 4.78 is 1.58. The van der Waals surface area contributed by atoms with E-state index in [1.807, 2.05) is 6.92 Å². The van der Waals surface area contributed by atoms with Crippen LogP contribution in [0.3, 0.4) is 0 Å². The number of fused-ring (bicyclic) bond motifs is 1. The first-order chi connectivity index (χ1) is 12.1. The van der Waals surface area contributed by atoms with Gasteiger partial charge in [0.25, 0.3) is 0 Å². The Bertz CT molecular complexity index is 698. The number of hydrogen-bond acceptors (Lipinski definition) is 4. The molecule has 25 heavy (non-hydrogen) atoms. The molecule has 6 nitrogen and oxygen atoms in total. The molecule has 134 valence electrons. The molecule has 3 rings (SSSR count). The van der Waals surface area contributed by atoms with E-state index in [-0.39, 0.29) is 11.9 Å². The highest BCUT2D eigenvalue weighted by molar-refractivity contribution is 5.79. The second-order valence-corrected chi connectivity index (χ2v) is 7.10. The number of carbonyl (C=O) groups excluding carboxylic acids is 1. The number of amides is 1. The lowest BCUT2D eigenvalue weighted by Gasteiger charge is -2.38. The average molecular weight is 341 g/mol. The molecule has 2 aromatic rings. The average Bonchev–Trinajstić information content (AvgIpc) is 3.15. The topological polar surface area (TPSA) is 63.1 Å². The Labute approximate surface area is 149 Å². The van der Waals surface area contributed by atoms with Gasteiger partial charge in [-0.25, -0.2) is 9.67 Å². The molecule has 1 amide bonds. The lowest BCUT2D eigenvalue weighted by Crippen LogP contribution is -2.49. The van der Waals surface area contributed by atoms with Gasteiger partial charge in [-0.15, -0.1) is 0 Å². The van der Waals surface area contributed by atoms with E-state index >= 15 is 0 Å². The Morgan fingerprint density at radius 2 is 2.00 bits per heavy atom. The predicted molar refractivity (Wildman–Crippen MR) is 96.9 cm³/mol. The second kappa shape index (κ2) is 7.78. The minimum atomic E-state index is -0.350. The van der Waals surface area contributed by atoms with Crippen molar-refractivity contribution >= 4 is 5.91 Å². The monoisotopic (exact) mass is 341 g/mol. The van der Waals surface area contributed by atoms with Crippen molar-refractivity contribution in [2.75, 3.05) is 13.1 Å². The summed E-state index contributed by atoms with van der Waals surface area (Å²) in [6.07, 6.45) is 4.10. The van der Waals surface area contributed by atoms with Crippen LogP contribution in [-0.4, -0.2) is 44.7 Å². The van der Waals surface area contributed by atoms with Crippen LogP contribution < -0.4 is 5.32 Å². The molecule has 1 aromatic carbocycles. The van der Waals surface area contributed by atoms with Gasteiger partial charge in [-0.2, -0.15) is 5.10 Å². The molecule has 0 fully saturated rings. The van der Waals surface area contributed by atoms with Gasteiger partial charge >= 0.3 is 0 Å². The zero-order valence-electron chi connectivity index (χ0n) is 15.2. The maximum Gasteiger partial charge on any atom is 0.244 e. The number of hydrogen-bond donors (Lipinski definition) is 1. The molecular weight excluding hydrogens is 314 g/mol. The van der Waals surface area contributed by atoms with Gasteiger partial charge in [-0.05, 0) is 30.4 Å². The van der Waals surface area contributed by atoms with E-state index in [2.05, 4.69) is 58.4 Å². The molecular formula is C19H27N5O. The van der Waals surface area contributed by atoms with E-state index in [0.717, 1.165) is 19.5 Å². The number of aromatic nitrogens is 3. The molecule has 1 N–H and O–H groups in total. The zero-order valence-corrected chi connectivity index (χ0v) is 15.2. The van der Waals surface area contributed by atoms with Gasteiger partial charge in [0.15, 0.2) is 0 Å². The highest BCUT2D eigenvalue weighted by atomic mass is 16.2. The van der Waals surface area contributed by atoms with Crippen LogP contribution in [0.15, 0.2) is 36.9 Å². The summed E-state index contributed by atoms with van der Waals surface area (Å²) in [7, 11) is 0. The number of nitrogens with one attached hydrogen (secondary N) is 1. The minimum Gasteiger partial charge on any atom is -0.353 e. The van der Waals surface area contributed by atoms with Crippen molar-refractivity contribution in [1.82, 2.24) is 25.0 Å². The molecule has 0 bridgehead atoms. The van der Waals surface area contributed by atoms with Gasteiger partial charge in [0.1, 0.15) is 18.7 Å². The molecule has 0 saturated heterocycles. The maximum atomic E-state index is 12.4. The van der Waals surface area contributed by atoms with E-state index in [9.17, 15) is 4.79 Å². The number of nitrogens with zero attached hydrogens (tertiary/aromatic N) is 4. The van der Waals surface area contributed by atoms with Crippen molar-refractivity contribution in [2.24, 2.45) is 5.92 Å². The lowest BCUT2D eigenvalue weighted by molar-refractivity contribution is -0.124. The number of carbonyl (C=O) groups is 1. The fraction of sp³-hybridized carbons (Fsp3) is 0.526. The molecule has 2 heterocycles. The third-order valence-electron chi connectivity index (χ3n) is 5.10. The standard InChI is InChI=1S/C19H27N5O/c1-14(2)18(10-21-19(25)15(3)24-13-20-12-22-24)23-9-8-16-6-4-5-7-17(16)11-23/h4-7,12-15,18H,8-11H2,1-3H3,(H,21,25)/t15-,18-/m1/s1. The van der Waals surface area contributed by atoms with Gasteiger partial charge in [0.05, 0.1) is 0 Å². The van der Waals surface area contributed by atoms with Crippen molar-refractivity contribution in [3.63, 3.8) is 0 Å². The molecule has 0 spiro atoms. The SMILES string of the molecule is CC(C)[C@@H](CNC(=O)[C@@H](C)n1cncn1)N1CCc2ccccc2C1. The van der Waals surface area contributed by atoms with Crippen molar-refractivity contribution in [2.45, 2.75) is 45.8 Å². The van der Waals surface area contributed by atoms with Crippen molar-refractivity contribution < 1.29 is 4.79 Å². The van der Waals surface area contributed by atoms with Gasteiger partial charge in [0.2, 0.25) is 5.91 Å². The zero-order chi connectivity index (χ0) is 17.8. The number of rotatable bonds is 6. The summed E-state index contributed by atoms with van der Waals surface area (Å²) >= 11 is 0. The summed E-state index contributed by atoms with van der Waals surface area (Å²) in [6, 6.07) is 8.62. The van der Waals surface area contributed by atoms with Gasteiger partial charge < -0.3 is 5.32 Å². The third-order valence-corrected chi connectivity index (χ3v) is 5.10. The highest BCUT2D eigenvalue weighted by Crippen LogP contribution is 2.22. The summed E-state index contributed by atoms with van der Waals surface area (Å²) in [4.78, 5) is 18.8. The van der Waals surface area contributed by atoms with Crippen molar-refractivity contribution in [3.05, 3.63) is 48.0 Å². The van der Waals surface area contributed by atoms with E-state index < -0.39 is 0 Å². The maximum absolute atomic E-state index is 12.4. The largest absolute Gasteiger partial charge is 0.353 e. The fourth-order valence-electron chi connectivity index (χ4n) is 3.48. The van der Waals surface area contributed by atoms with Crippen LogP contribution in [0.2, 0.25) is 0 Å². The first-order valence-electron chi connectivity index (χ1n) is 8.99. The summed E-state index contributed by atoms with van der Waals surface area (Å²) in [5.41, 5.74) is 2.85. The normalized spacial score (nSPS) is 17.1. The molecule has 0 saturated carbocycles. The molecule has 2 atom stereocenters. The third kappa shape index (κ3) is 4.07. The molecule has 1 aliphatic rings. The highest BCUT2D eigenvalue weighted by Gasteiger charge is 2.27. The van der Waals surface area contributed by atoms with E-state index in [0.29, 0.717) is 18.5 Å². The first kappa shape index (κ1) is 17.6. The Hall–Kier alpha value is -2.21. The number of benzene rings is 1. The molecule has 1 aromatic heterocycles. The lowest BCUT2D eigenvalue weighted by atomic mass is 9.95. The van der Waals surface area contributed by atoms with Crippen LogP contribution in [0, 0.1) is 5.92 Å². The van der Waals surface area contributed by atoms with Crippen LogP contribution in [0.4, 0.5) is 0 Å². The van der Waals surface area contributed by atoms with Crippen LogP contribution in [0.25, 0.3) is 0 Å². The second-order valence-electron chi connectivity index (χ2n) is 7.10. The first-order valence-corrected chi connectivity index (χ1v) is 8.99. The van der Waals surface area contributed by atoms with Crippen molar-refractivity contribution in [3.8, 4) is 0 Å². The van der Waals surface area contributed by atoms with Crippen molar-refractivity contribution in [1.29, 1.82) is 0 Å². The Morgan fingerprint density at radius 3 is 2.68 bits per heavy atom. The molecule has 0 unspecified atom stereocenters. The van der Waals surface area contributed by atoms with Crippen LogP contribution in [-0.2, 0) is 17.8 Å². The van der Waals surface area contributed by atoms with Crippen LogP contribution >= 0.6 is 0 Å². The molecule has 0 radical (unpaired) electrons.